The molecular weight excluding hydrogens is 374 g/mol. The lowest BCUT2D eigenvalue weighted by molar-refractivity contribution is 0.0752. The second-order valence-electron chi connectivity index (χ2n) is 7.19. The van der Waals surface area contributed by atoms with Gasteiger partial charge in [-0.15, -0.1) is 0 Å². The summed E-state index contributed by atoms with van der Waals surface area (Å²) >= 11 is 0. The van der Waals surface area contributed by atoms with Gasteiger partial charge in [-0.1, -0.05) is 24.3 Å². The van der Waals surface area contributed by atoms with E-state index >= 15 is 0 Å². The highest BCUT2D eigenvalue weighted by Crippen LogP contribution is 2.27. The predicted molar refractivity (Wildman–Crippen MR) is 117 cm³/mol. The third-order valence-corrected chi connectivity index (χ3v) is 5.10. The topological polar surface area (TPSA) is 71.9 Å². The van der Waals surface area contributed by atoms with Crippen LogP contribution in [-0.2, 0) is 6.54 Å². The van der Waals surface area contributed by atoms with Gasteiger partial charge in [-0.05, 0) is 44.5 Å². The molecule has 0 saturated heterocycles. The summed E-state index contributed by atoms with van der Waals surface area (Å²) in [7, 11) is 0. The number of aryl methyl sites for hydroxylation is 2. The third kappa shape index (κ3) is 3.89. The highest BCUT2D eigenvalue weighted by atomic mass is 16.2. The fourth-order valence-electron chi connectivity index (χ4n) is 3.43. The van der Waals surface area contributed by atoms with Gasteiger partial charge in [0.15, 0.2) is 0 Å². The number of nitrogens with zero attached hydrogens (tertiary/aromatic N) is 5. The second-order valence-corrected chi connectivity index (χ2v) is 7.19. The molecule has 0 radical (unpaired) electrons. The fourth-order valence-corrected chi connectivity index (χ4v) is 3.43. The number of carbonyl (C=O) groups excluding carboxylic acids is 1. The molecule has 0 aliphatic heterocycles. The third-order valence-electron chi connectivity index (χ3n) is 5.10. The van der Waals surface area contributed by atoms with E-state index in [1.54, 1.807) is 23.5 Å². The minimum Gasteiger partial charge on any atom is -0.333 e. The molecule has 150 valence electrons. The number of hydrogen-bond donors (Lipinski definition) is 0. The lowest BCUT2D eigenvalue weighted by Crippen LogP contribution is -2.31. The number of para-hydroxylation sites is 1. The first-order chi connectivity index (χ1) is 14.6. The van der Waals surface area contributed by atoms with Crippen LogP contribution in [0.2, 0.25) is 0 Å². The molecule has 1 amide bonds. The van der Waals surface area contributed by atoms with Crippen molar-refractivity contribution in [3.8, 4) is 11.3 Å². The monoisotopic (exact) mass is 397 g/mol. The molecule has 4 aromatic rings. The van der Waals surface area contributed by atoms with E-state index in [1.807, 2.05) is 63.2 Å². The van der Waals surface area contributed by atoms with Gasteiger partial charge in [0, 0.05) is 36.1 Å². The zero-order valence-corrected chi connectivity index (χ0v) is 17.3. The maximum Gasteiger partial charge on any atom is 0.254 e. The van der Waals surface area contributed by atoms with Crippen molar-refractivity contribution in [1.82, 2.24) is 24.8 Å². The molecule has 0 unspecified atom stereocenters. The van der Waals surface area contributed by atoms with Gasteiger partial charge in [-0.3, -0.25) is 9.78 Å². The molecule has 30 heavy (non-hydrogen) atoms. The quantitative estimate of drug-likeness (QED) is 0.500. The molecule has 6 heteroatoms. The Morgan fingerprint density at radius 1 is 1.00 bits per heavy atom. The molecule has 0 atom stereocenters. The smallest absolute Gasteiger partial charge is 0.254 e. The van der Waals surface area contributed by atoms with E-state index in [9.17, 15) is 4.79 Å². The van der Waals surface area contributed by atoms with E-state index < -0.39 is 0 Å². The Morgan fingerprint density at radius 2 is 1.80 bits per heavy atom. The number of rotatable bonds is 5. The molecule has 0 bridgehead atoms. The van der Waals surface area contributed by atoms with E-state index in [-0.39, 0.29) is 5.91 Å². The summed E-state index contributed by atoms with van der Waals surface area (Å²) in [6.07, 6.45) is 5.23. The van der Waals surface area contributed by atoms with Crippen LogP contribution in [0.15, 0.2) is 61.1 Å². The number of fused-ring (bicyclic) bond motifs is 1. The van der Waals surface area contributed by atoms with Crippen LogP contribution in [0.1, 0.15) is 34.4 Å². The van der Waals surface area contributed by atoms with Crippen molar-refractivity contribution in [3.05, 3.63) is 83.7 Å². The van der Waals surface area contributed by atoms with Crippen LogP contribution in [0, 0.1) is 13.8 Å². The van der Waals surface area contributed by atoms with Gasteiger partial charge in [0.1, 0.15) is 5.82 Å². The predicted octanol–water partition coefficient (Wildman–Crippen LogP) is 4.37. The Kier molecular flexibility index (Phi) is 5.48. The molecule has 0 fully saturated rings. The summed E-state index contributed by atoms with van der Waals surface area (Å²) in [5.41, 5.74) is 4.78. The van der Waals surface area contributed by atoms with Crippen LogP contribution in [-0.4, -0.2) is 37.3 Å². The average Bonchev–Trinajstić information content (AvgIpc) is 2.78. The Hall–Kier alpha value is -3.67. The number of benzene rings is 1. The summed E-state index contributed by atoms with van der Waals surface area (Å²) in [4.78, 5) is 33.1. The van der Waals surface area contributed by atoms with Crippen LogP contribution in [0.25, 0.3) is 22.2 Å². The summed E-state index contributed by atoms with van der Waals surface area (Å²) < 4.78 is 0. The average molecular weight is 397 g/mol. The zero-order chi connectivity index (χ0) is 21.1. The minimum absolute atomic E-state index is 0.0459. The Balaban J connectivity index is 1.82. The summed E-state index contributed by atoms with van der Waals surface area (Å²) in [5, 5.41) is 0.844. The van der Waals surface area contributed by atoms with Crippen molar-refractivity contribution < 1.29 is 4.79 Å². The van der Waals surface area contributed by atoms with E-state index in [0.29, 0.717) is 30.2 Å². The van der Waals surface area contributed by atoms with Crippen LogP contribution in [0.5, 0.6) is 0 Å². The Labute approximate surface area is 175 Å². The fraction of sp³-hybridized carbons (Fsp3) is 0.208. The first kappa shape index (κ1) is 19.6. The van der Waals surface area contributed by atoms with Crippen molar-refractivity contribution in [2.24, 2.45) is 0 Å². The van der Waals surface area contributed by atoms with Crippen LogP contribution in [0.4, 0.5) is 0 Å². The first-order valence-electron chi connectivity index (χ1n) is 9.95. The van der Waals surface area contributed by atoms with Crippen molar-refractivity contribution in [2.75, 3.05) is 6.54 Å². The van der Waals surface area contributed by atoms with Crippen molar-refractivity contribution in [3.63, 3.8) is 0 Å². The molecule has 0 spiro atoms. The standard InChI is InChI=1S/C24H23N5O/c1-4-29(15-19-9-5-6-11-25-19)24(30)21-12-22(18-13-26-17(3)27-14-18)28-23-16(2)8-7-10-20(21)23/h5-14H,4,15H2,1-3H3. The number of pyridine rings is 2. The molecular formula is C24H23N5O. The molecule has 4 rings (SSSR count). The summed E-state index contributed by atoms with van der Waals surface area (Å²) in [6, 6.07) is 13.5. The van der Waals surface area contributed by atoms with Crippen molar-refractivity contribution >= 4 is 16.8 Å². The highest BCUT2D eigenvalue weighted by Gasteiger charge is 2.20. The van der Waals surface area contributed by atoms with E-state index in [2.05, 4.69) is 15.0 Å². The van der Waals surface area contributed by atoms with E-state index in [0.717, 1.165) is 27.7 Å². The van der Waals surface area contributed by atoms with Gasteiger partial charge in [-0.2, -0.15) is 0 Å². The number of amides is 1. The largest absolute Gasteiger partial charge is 0.333 e. The Bertz CT molecular complexity index is 1190. The maximum atomic E-state index is 13.6. The van der Waals surface area contributed by atoms with Gasteiger partial charge >= 0.3 is 0 Å². The number of hydrogen-bond acceptors (Lipinski definition) is 5. The summed E-state index contributed by atoms with van der Waals surface area (Å²) in [5.74, 6) is 0.648. The lowest BCUT2D eigenvalue weighted by atomic mass is 10.0. The molecule has 6 nitrogen and oxygen atoms in total. The van der Waals surface area contributed by atoms with E-state index in [4.69, 9.17) is 4.98 Å². The van der Waals surface area contributed by atoms with Crippen LogP contribution < -0.4 is 0 Å². The van der Waals surface area contributed by atoms with Gasteiger partial charge < -0.3 is 4.90 Å². The lowest BCUT2D eigenvalue weighted by Gasteiger charge is -2.22. The first-order valence-corrected chi connectivity index (χ1v) is 9.95. The van der Waals surface area contributed by atoms with Gasteiger partial charge in [0.25, 0.3) is 5.91 Å². The summed E-state index contributed by atoms with van der Waals surface area (Å²) in [6.45, 7) is 6.85. The normalized spacial score (nSPS) is 10.9. The maximum absolute atomic E-state index is 13.6. The minimum atomic E-state index is -0.0459. The van der Waals surface area contributed by atoms with E-state index in [1.165, 1.54) is 0 Å². The molecule has 0 aliphatic carbocycles. The second kappa shape index (κ2) is 8.37. The van der Waals surface area contributed by atoms with Gasteiger partial charge in [0.05, 0.1) is 29.0 Å². The highest BCUT2D eigenvalue weighted by molar-refractivity contribution is 6.07. The van der Waals surface area contributed by atoms with Crippen molar-refractivity contribution in [2.45, 2.75) is 27.3 Å². The molecule has 3 aromatic heterocycles. The molecule has 1 aromatic carbocycles. The number of carbonyl (C=O) groups is 1. The molecule has 3 heterocycles. The van der Waals surface area contributed by atoms with Crippen molar-refractivity contribution in [1.29, 1.82) is 0 Å². The van der Waals surface area contributed by atoms with Gasteiger partial charge in [0.2, 0.25) is 0 Å². The molecule has 0 aliphatic rings. The zero-order valence-electron chi connectivity index (χ0n) is 17.3. The SMILES string of the molecule is CCN(Cc1ccccn1)C(=O)c1cc(-c2cnc(C)nc2)nc2c(C)cccc12. The molecule has 0 saturated carbocycles. The number of aromatic nitrogens is 4. The van der Waals surface area contributed by atoms with Crippen LogP contribution in [0.3, 0.4) is 0 Å². The van der Waals surface area contributed by atoms with Crippen LogP contribution >= 0.6 is 0 Å². The Morgan fingerprint density at radius 3 is 2.50 bits per heavy atom. The molecule has 0 N–H and O–H groups in total. The van der Waals surface area contributed by atoms with Gasteiger partial charge in [-0.25, -0.2) is 15.0 Å².